The minimum Gasteiger partial charge on any atom is -0.481 e. The van der Waals surface area contributed by atoms with E-state index in [0.717, 1.165) is 32.4 Å². The number of hydrogen-bond acceptors (Lipinski definition) is 2. The molecule has 0 aromatic heterocycles. The summed E-state index contributed by atoms with van der Waals surface area (Å²) in [6.07, 6.45) is 6.29. The fourth-order valence-corrected chi connectivity index (χ4v) is 2.32. The Kier molecular flexibility index (Phi) is 5.53. The lowest BCUT2D eigenvalue weighted by Crippen LogP contribution is -2.34. The maximum absolute atomic E-state index is 11.1. The Bertz CT molecular complexity index is 257. The molecule has 0 aromatic rings. The van der Waals surface area contributed by atoms with Crippen LogP contribution in [0.4, 0.5) is 0 Å². The third-order valence-electron chi connectivity index (χ3n) is 3.29. The number of aliphatic carboxylic acids is 1. The van der Waals surface area contributed by atoms with E-state index in [1.807, 2.05) is 0 Å². The first-order valence-corrected chi connectivity index (χ1v) is 6.18. The number of carbonyl (C=O) groups is 1. The molecule has 1 aliphatic carbocycles. The zero-order valence-corrected chi connectivity index (χ0v) is 10.3. The minimum atomic E-state index is -0.617. The van der Waals surface area contributed by atoms with Gasteiger partial charge in [-0.2, -0.15) is 0 Å². The Morgan fingerprint density at radius 1 is 1.38 bits per heavy atom. The van der Waals surface area contributed by atoms with E-state index in [1.165, 1.54) is 12.0 Å². The highest BCUT2D eigenvalue weighted by Gasteiger charge is 2.29. The van der Waals surface area contributed by atoms with Gasteiger partial charge >= 0.3 is 5.97 Å². The van der Waals surface area contributed by atoms with Crippen molar-refractivity contribution in [3.05, 3.63) is 11.6 Å². The number of carboxylic acid groups (broad SMARTS) is 1. The maximum Gasteiger partial charge on any atom is 0.306 e. The van der Waals surface area contributed by atoms with Gasteiger partial charge in [0.15, 0.2) is 0 Å². The topological polar surface area (TPSA) is 49.3 Å². The van der Waals surface area contributed by atoms with E-state index in [1.54, 1.807) is 0 Å². The van der Waals surface area contributed by atoms with Gasteiger partial charge in [-0.25, -0.2) is 0 Å². The van der Waals surface area contributed by atoms with Crippen LogP contribution in [-0.2, 0) is 4.79 Å². The quantitative estimate of drug-likeness (QED) is 0.558. The standard InChI is InChI=1S/C13H23NO2/c1-10(2)7-8-14-9-11-5-3-4-6-12(11)13(15)16/h7,11-12,14H,3-6,8-9H2,1-2H3,(H,15,16). The Labute approximate surface area is 97.9 Å². The van der Waals surface area contributed by atoms with Crippen molar-refractivity contribution in [2.45, 2.75) is 39.5 Å². The SMILES string of the molecule is CC(C)=CCNCC1CCCCC1C(=O)O. The predicted octanol–water partition coefficient (Wildman–Crippen LogP) is 2.43. The molecule has 0 aliphatic heterocycles. The molecule has 3 nitrogen and oxygen atoms in total. The van der Waals surface area contributed by atoms with Crippen LogP contribution >= 0.6 is 0 Å². The van der Waals surface area contributed by atoms with Crippen LogP contribution in [0.1, 0.15) is 39.5 Å². The summed E-state index contributed by atoms with van der Waals surface area (Å²) >= 11 is 0. The summed E-state index contributed by atoms with van der Waals surface area (Å²) in [6.45, 7) is 5.83. The molecule has 1 fully saturated rings. The van der Waals surface area contributed by atoms with E-state index in [4.69, 9.17) is 5.11 Å². The molecule has 3 heteroatoms. The summed E-state index contributed by atoms with van der Waals surface area (Å²) in [5.41, 5.74) is 1.30. The average Bonchev–Trinajstić information content (AvgIpc) is 2.24. The zero-order chi connectivity index (χ0) is 12.0. The Balaban J connectivity index is 2.33. The zero-order valence-electron chi connectivity index (χ0n) is 10.3. The molecule has 1 saturated carbocycles. The van der Waals surface area contributed by atoms with Crippen molar-refractivity contribution in [1.29, 1.82) is 0 Å². The molecule has 1 rings (SSSR count). The van der Waals surface area contributed by atoms with E-state index < -0.39 is 5.97 Å². The van der Waals surface area contributed by atoms with Crippen LogP contribution in [0, 0.1) is 11.8 Å². The third-order valence-corrected chi connectivity index (χ3v) is 3.29. The summed E-state index contributed by atoms with van der Waals surface area (Å²) in [7, 11) is 0. The van der Waals surface area contributed by atoms with E-state index >= 15 is 0 Å². The molecule has 0 saturated heterocycles. The first-order chi connectivity index (χ1) is 7.61. The van der Waals surface area contributed by atoms with Crippen LogP contribution in [0.3, 0.4) is 0 Å². The fourth-order valence-electron chi connectivity index (χ4n) is 2.32. The molecule has 0 bridgehead atoms. The van der Waals surface area contributed by atoms with Crippen molar-refractivity contribution in [2.75, 3.05) is 13.1 Å². The highest BCUT2D eigenvalue weighted by atomic mass is 16.4. The van der Waals surface area contributed by atoms with Gasteiger partial charge in [-0.3, -0.25) is 4.79 Å². The molecule has 2 N–H and O–H groups in total. The second kappa shape index (κ2) is 6.69. The van der Waals surface area contributed by atoms with E-state index in [-0.39, 0.29) is 5.92 Å². The van der Waals surface area contributed by atoms with Crippen LogP contribution in [0.25, 0.3) is 0 Å². The van der Waals surface area contributed by atoms with Gasteiger partial charge in [0, 0.05) is 6.54 Å². The minimum absolute atomic E-state index is 0.132. The second-order valence-electron chi connectivity index (χ2n) is 4.93. The summed E-state index contributed by atoms with van der Waals surface area (Å²) in [4.78, 5) is 11.1. The number of allylic oxidation sites excluding steroid dienone is 1. The van der Waals surface area contributed by atoms with Gasteiger partial charge in [-0.1, -0.05) is 24.5 Å². The molecule has 0 spiro atoms. The number of nitrogens with one attached hydrogen (secondary N) is 1. The smallest absolute Gasteiger partial charge is 0.306 e. The van der Waals surface area contributed by atoms with Crippen LogP contribution in [0.2, 0.25) is 0 Å². The molecule has 0 heterocycles. The number of hydrogen-bond donors (Lipinski definition) is 2. The molecular weight excluding hydrogens is 202 g/mol. The molecule has 1 aliphatic rings. The van der Waals surface area contributed by atoms with Crippen molar-refractivity contribution in [3.8, 4) is 0 Å². The van der Waals surface area contributed by atoms with Crippen LogP contribution < -0.4 is 5.32 Å². The largest absolute Gasteiger partial charge is 0.481 e. The van der Waals surface area contributed by atoms with Crippen molar-refractivity contribution in [1.82, 2.24) is 5.32 Å². The lowest BCUT2D eigenvalue weighted by Gasteiger charge is -2.28. The van der Waals surface area contributed by atoms with E-state index in [0.29, 0.717) is 5.92 Å². The highest BCUT2D eigenvalue weighted by molar-refractivity contribution is 5.70. The van der Waals surface area contributed by atoms with Gasteiger partial charge in [-0.15, -0.1) is 0 Å². The fraction of sp³-hybridized carbons (Fsp3) is 0.769. The molecule has 16 heavy (non-hydrogen) atoms. The van der Waals surface area contributed by atoms with Crippen LogP contribution in [0.5, 0.6) is 0 Å². The van der Waals surface area contributed by atoms with Gasteiger partial charge in [0.1, 0.15) is 0 Å². The van der Waals surface area contributed by atoms with Gasteiger partial charge in [0.05, 0.1) is 5.92 Å². The lowest BCUT2D eigenvalue weighted by atomic mass is 9.79. The van der Waals surface area contributed by atoms with Crippen LogP contribution in [-0.4, -0.2) is 24.2 Å². The number of carboxylic acids is 1. The van der Waals surface area contributed by atoms with E-state index in [9.17, 15) is 4.79 Å². The van der Waals surface area contributed by atoms with Crippen molar-refractivity contribution >= 4 is 5.97 Å². The third kappa shape index (κ3) is 4.35. The summed E-state index contributed by atoms with van der Waals surface area (Å²) in [6, 6.07) is 0. The van der Waals surface area contributed by atoms with Gasteiger partial charge in [0.25, 0.3) is 0 Å². The molecular formula is C13H23NO2. The number of rotatable bonds is 5. The second-order valence-corrected chi connectivity index (χ2v) is 4.93. The summed E-state index contributed by atoms with van der Waals surface area (Å²) in [5.74, 6) is -0.432. The Morgan fingerprint density at radius 2 is 2.06 bits per heavy atom. The Hall–Kier alpha value is -0.830. The normalized spacial score (nSPS) is 25.1. The summed E-state index contributed by atoms with van der Waals surface area (Å²) in [5, 5.41) is 12.4. The molecule has 92 valence electrons. The molecule has 2 unspecified atom stereocenters. The van der Waals surface area contributed by atoms with Crippen molar-refractivity contribution in [3.63, 3.8) is 0 Å². The predicted molar refractivity (Wildman–Crippen MR) is 65.4 cm³/mol. The molecule has 0 radical (unpaired) electrons. The monoisotopic (exact) mass is 225 g/mol. The van der Waals surface area contributed by atoms with Gasteiger partial charge in [0.2, 0.25) is 0 Å². The molecule has 0 aromatic carbocycles. The molecule has 2 atom stereocenters. The maximum atomic E-state index is 11.1. The molecule has 0 amide bonds. The van der Waals surface area contributed by atoms with E-state index in [2.05, 4.69) is 25.2 Å². The average molecular weight is 225 g/mol. The van der Waals surface area contributed by atoms with Crippen molar-refractivity contribution in [2.24, 2.45) is 11.8 Å². The van der Waals surface area contributed by atoms with Gasteiger partial charge < -0.3 is 10.4 Å². The highest BCUT2D eigenvalue weighted by Crippen LogP contribution is 2.29. The van der Waals surface area contributed by atoms with Crippen molar-refractivity contribution < 1.29 is 9.90 Å². The summed E-state index contributed by atoms with van der Waals surface area (Å²) < 4.78 is 0. The first kappa shape index (κ1) is 13.2. The first-order valence-electron chi connectivity index (χ1n) is 6.18. The van der Waals surface area contributed by atoms with Gasteiger partial charge in [-0.05, 0) is 39.2 Å². The van der Waals surface area contributed by atoms with Crippen LogP contribution in [0.15, 0.2) is 11.6 Å². The lowest BCUT2D eigenvalue weighted by molar-refractivity contribution is -0.144. The Morgan fingerprint density at radius 3 is 2.69 bits per heavy atom.